The van der Waals surface area contributed by atoms with Crippen LogP contribution in [0.1, 0.15) is 56.3 Å². The molecule has 0 aliphatic carbocycles. The molecule has 1 aliphatic heterocycles. The van der Waals surface area contributed by atoms with Gasteiger partial charge in [0.1, 0.15) is 0 Å². The number of anilines is 1. The number of nitrogens with one attached hydrogen (secondary N) is 1. The van der Waals surface area contributed by atoms with Crippen LogP contribution >= 0.6 is 0 Å². The number of rotatable bonds is 7. The second-order valence-corrected chi connectivity index (χ2v) is 7.88. The number of carbonyl (C=O) groups excluding carboxylic acids is 2. The molecule has 3 rings (SSSR count). The largest absolute Gasteiger partial charge is 0.349 e. The first-order chi connectivity index (χ1) is 13.5. The van der Waals surface area contributed by atoms with Crippen molar-refractivity contribution in [2.75, 3.05) is 11.4 Å². The van der Waals surface area contributed by atoms with Gasteiger partial charge in [-0.25, -0.2) is 0 Å². The van der Waals surface area contributed by atoms with E-state index in [4.69, 9.17) is 0 Å². The third kappa shape index (κ3) is 4.80. The molecular formula is C24H30N2O2. The van der Waals surface area contributed by atoms with Gasteiger partial charge >= 0.3 is 0 Å². The standard InChI is InChI=1S/C24H30N2O2/c1-4-18-7-11-20(12-8-18)24(17(2)3)25-22(27)16-19-9-13-21(14-10-19)26-15-5-6-23(26)28/h7-14,17,24H,4-6,15-16H2,1-3H3,(H,25,27). The van der Waals surface area contributed by atoms with E-state index in [1.165, 1.54) is 5.56 Å². The molecule has 1 heterocycles. The van der Waals surface area contributed by atoms with Crippen molar-refractivity contribution in [3.63, 3.8) is 0 Å². The van der Waals surface area contributed by atoms with Crippen molar-refractivity contribution in [1.82, 2.24) is 5.32 Å². The minimum Gasteiger partial charge on any atom is -0.349 e. The molecule has 28 heavy (non-hydrogen) atoms. The highest BCUT2D eigenvalue weighted by atomic mass is 16.2. The van der Waals surface area contributed by atoms with Gasteiger partial charge in [0.05, 0.1) is 12.5 Å². The van der Waals surface area contributed by atoms with Crippen LogP contribution in [0.3, 0.4) is 0 Å². The van der Waals surface area contributed by atoms with Gasteiger partial charge in [0.2, 0.25) is 11.8 Å². The summed E-state index contributed by atoms with van der Waals surface area (Å²) < 4.78 is 0. The molecule has 4 nitrogen and oxygen atoms in total. The molecule has 2 amide bonds. The quantitative estimate of drug-likeness (QED) is 0.775. The summed E-state index contributed by atoms with van der Waals surface area (Å²) >= 11 is 0. The summed E-state index contributed by atoms with van der Waals surface area (Å²) in [7, 11) is 0. The van der Waals surface area contributed by atoms with Gasteiger partial charge in [-0.3, -0.25) is 9.59 Å². The van der Waals surface area contributed by atoms with Crippen LogP contribution in [-0.4, -0.2) is 18.4 Å². The van der Waals surface area contributed by atoms with Crippen molar-refractivity contribution in [1.29, 1.82) is 0 Å². The van der Waals surface area contributed by atoms with E-state index in [0.29, 0.717) is 18.8 Å². The molecule has 1 N–H and O–H groups in total. The third-order valence-corrected chi connectivity index (χ3v) is 5.42. The number of benzene rings is 2. The summed E-state index contributed by atoms with van der Waals surface area (Å²) in [5, 5.41) is 3.19. The van der Waals surface area contributed by atoms with E-state index in [9.17, 15) is 9.59 Å². The maximum Gasteiger partial charge on any atom is 0.227 e. The zero-order chi connectivity index (χ0) is 20.1. The van der Waals surface area contributed by atoms with Crippen molar-refractivity contribution in [2.45, 2.75) is 52.5 Å². The first-order valence-corrected chi connectivity index (χ1v) is 10.3. The van der Waals surface area contributed by atoms with E-state index in [-0.39, 0.29) is 17.9 Å². The van der Waals surface area contributed by atoms with E-state index in [2.05, 4.69) is 50.4 Å². The summed E-state index contributed by atoms with van der Waals surface area (Å²) in [6.45, 7) is 7.17. The van der Waals surface area contributed by atoms with Crippen molar-refractivity contribution < 1.29 is 9.59 Å². The monoisotopic (exact) mass is 378 g/mol. The Morgan fingerprint density at radius 3 is 2.21 bits per heavy atom. The van der Waals surface area contributed by atoms with Crippen LogP contribution < -0.4 is 10.2 Å². The first kappa shape index (κ1) is 20.1. The van der Waals surface area contributed by atoms with Gasteiger partial charge in [0, 0.05) is 18.7 Å². The Morgan fingerprint density at radius 1 is 1.04 bits per heavy atom. The smallest absolute Gasteiger partial charge is 0.227 e. The van der Waals surface area contributed by atoms with Gasteiger partial charge in [-0.1, -0.05) is 57.2 Å². The highest BCUT2D eigenvalue weighted by molar-refractivity contribution is 5.95. The van der Waals surface area contributed by atoms with Crippen LogP contribution in [0.15, 0.2) is 48.5 Å². The van der Waals surface area contributed by atoms with Gasteiger partial charge in [-0.2, -0.15) is 0 Å². The Hall–Kier alpha value is -2.62. The lowest BCUT2D eigenvalue weighted by Crippen LogP contribution is -2.32. The molecule has 1 aliphatic rings. The minimum absolute atomic E-state index is 0.0000919. The average molecular weight is 379 g/mol. The molecule has 0 spiro atoms. The topological polar surface area (TPSA) is 49.4 Å². The first-order valence-electron chi connectivity index (χ1n) is 10.3. The van der Waals surface area contributed by atoms with Crippen molar-refractivity contribution in [3.8, 4) is 0 Å². The van der Waals surface area contributed by atoms with Gasteiger partial charge in [-0.05, 0) is 47.6 Å². The molecule has 1 fully saturated rings. The summed E-state index contributed by atoms with van der Waals surface area (Å²) in [6, 6.07) is 16.3. The summed E-state index contributed by atoms with van der Waals surface area (Å²) in [6.07, 6.45) is 2.89. The Morgan fingerprint density at radius 2 is 1.68 bits per heavy atom. The van der Waals surface area contributed by atoms with E-state index >= 15 is 0 Å². The van der Waals surface area contributed by atoms with Gasteiger partial charge in [0.25, 0.3) is 0 Å². The molecule has 2 aromatic rings. The third-order valence-electron chi connectivity index (χ3n) is 5.42. The summed E-state index contributed by atoms with van der Waals surface area (Å²) in [5.41, 5.74) is 4.32. The maximum atomic E-state index is 12.6. The molecule has 0 radical (unpaired) electrons. The van der Waals surface area contributed by atoms with Crippen molar-refractivity contribution in [2.24, 2.45) is 5.92 Å². The highest BCUT2D eigenvalue weighted by Gasteiger charge is 2.22. The number of aryl methyl sites for hydroxylation is 1. The minimum atomic E-state index is -0.0000919. The van der Waals surface area contributed by atoms with E-state index in [1.807, 2.05) is 29.2 Å². The molecule has 1 unspecified atom stereocenters. The zero-order valence-electron chi connectivity index (χ0n) is 17.1. The van der Waals surface area contributed by atoms with Crippen LogP contribution in [0.5, 0.6) is 0 Å². The average Bonchev–Trinajstić information content (AvgIpc) is 3.12. The predicted molar refractivity (Wildman–Crippen MR) is 113 cm³/mol. The number of carbonyl (C=O) groups is 2. The van der Waals surface area contributed by atoms with Crippen LogP contribution in [0.25, 0.3) is 0 Å². The second-order valence-electron chi connectivity index (χ2n) is 7.88. The number of hydrogen-bond acceptors (Lipinski definition) is 2. The summed E-state index contributed by atoms with van der Waals surface area (Å²) in [4.78, 5) is 26.3. The normalized spacial score (nSPS) is 15.1. The van der Waals surface area contributed by atoms with Gasteiger partial charge in [-0.15, -0.1) is 0 Å². The fraction of sp³-hybridized carbons (Fsp3) is 0.417. The number of amides is 2. The molecule has 4 heteroatoms. The number of nitrogens with zero attached hydrogens (tertiary/aromatic N) is 1. The molecular weight excluding hydrogens is 348 g/mol. The molecule has 0 saturated carbocycles. The van der Waals surface area contributed by atoms with E-state index in [0.717, 1.165) is 36.2 Å². The second kappa shape index (κ2) is 9.05. The molecule has 2 aromatic carbocycles. The Bertz CT molecular complexity index is 810. The lowest BCUT2D eigenvalue weighted by atomic mass is 9.94. The maximum absolute atomic E-state index is 12.6. The molecule has 0 bridgehead atoms. The lowest BCUT2D eigenvalue weighted by molar-refractivity contribution is -0.121. The SMILES string of the molecule is CCc1ccc(C(NC(=O)Cc2ccc(N3CCCC3=O)cc2)C(C)C)cc1. The summed E-state index contributed by atoms with van der Waals surface area (Å²) in [5.74, 6) is 0.502. The fourth-order valence-corrected chi connectivity index (χ4v) is 3.72. The van der Waals surface area contributed by atoms with E-state index in [1.54, 1.807) is 0 Å². The van der Waals surface area contributed by atoms with Crippen molar-refractivity contribution in [3.05, 3.63) is 65.2 Å². The van der Waals surface area contributed by atoms with Crippen LogP contribution in [0.2, 0.25) is 0 Å². The Balaban J connectivity index is 1.63. The molecule has 1 saturated heterocycles. The van der Waals surface area contributed by atoms with Crippen LogP contribution in [0.4, 0.5) is 5.69 Å². The fourth-order valence-electron chi connectivity index (χ4n) is 3.72. The van der Waals surface area contributed by atoms with Crippen LogP contribution in [-0.2, 0) is 22.4 Å². The molecule has 0 aromatic heterocycles. The van der Waals surface area contributed by atoms with Gasteiger partial charge in [0.15, 0.2) is 0 Å². The Kier molecular flexibility index (Phi) is 6.50. The number of hydrogen-bond donors (Lipinski definition) is 1. The molecule has 148 valence electrons. The molecule has 1 atom stereocenters. The zero-order valence-corrected chi connectivity index (χ0v) is 17.1. The van der Waals surface area contributed by atoms with Crippen LogP contribution in [0, 0.1) is 5.92 Å². The van der Waals surface area contributed by atoms with Gasteiger partial charge < -0.3 is 10.2 Å². The lowest BCUT2D eigenvalue weighted by Gasteiger charge is -2.23. The Labute approximate surface area is 167 Å². The van der Waals surface area contributed by atoms with Crippen molar-refractivity contribution >= 4 is 17.5 Å². The van der Waals surface area contributed by atoms with E-state index < -0.39 is 0 Å². The highest BCUT2D eigenvalue weighted by Crippen LogP contribution is 2.24. The predicted octanol–water partition coefficient (Wildman–Crippen LogP) is 4.43.